The van der Waals surface area contributed by atoms with Crippen LogP contribution < -0.4 is 0 Å². The van der Waals surface area contributed by atoms with Gasteiger partial charge in [-0.25, -0.2) is 4.39 Å². The second kappa shape index (κ2) is 8.56. The predicted octanol–water partition coefficient (Wildman–Crippen LogP) is 4.38. The van der Waals surface area contributed by atoms with Crippen LogP contribution in [0.25, 0.3) is 0 Å². The average Bonchev–Trinajstić information content (AvgIpc) is 3.20. The molecule has 1 saturated heterocycles. The zero-order valence-corrected chi connectivity index (χ0v) is 17.2. The van der Waals surface area contributed by atoms with E-state index in [9.17, 15) is 14.3 Å². The van der Waals surface area contributed by atoms with Crippen molar-refractivity contribution in [2.75, 3.05) is 13.1 Å². The topological polar surface area (TPSA) is 62.1 Å². The first-order valence-corrected chi connectivity index (χ1v) is 10.4. The van der Waals surface area contributed by atoms with Crippen LogP contribution in [0.1, 0.15) is 42.4 Å². The zero-order chi connectivity index (χ0) is 21.1. The normalized spacial score (nSPS) is 21.1. The summed E-state index contributed by atoms with van der Waals surface area (Å²) in [6, 6.07) is 14.6. The number of hydrogen-bond acceptors (Lipinski definition) is 4. The molecule has 0 unspecified atom stereocenters. The molecule has 0 bridgehead atoms. The molecule has 30 heavy (non-hydrogen) atoms. The van der Waals surface area contributed by atoms with Gasteiger partial charge in [0.05, 0.1) is 11.1 Å². The summed E-state index contributed by atoms with van der Waals surface area (Å²) in [5, 5.41) is 14.2. The van der Waals surface area contributed by atoms with Crippen LogP contribution in [0.3, 0.4) is 0 Å². The molecule has 1 N–H and O–H groups in total. The third-order valence-corrected chi connectivity index (χ3v) is 6.32. The largest absolute Gasteiger partial charge is 0.481 e. The van der Waals surface area contributed by atoms with E-state index < -0.39 is 11.4 Å². The molecule has 2 aliphatic heterocycles. The highest BCUT2D eigenvalue weighted by Crippen LogP contribution is 2.39. The minimum Gasteiger partial charge on any atom is -0.481 e. The Labute approximate surface area is 176 Å². The van der Waals surface area contributed by atoms with Gasteiger partial charge < -0.3 is 9.94 Å². The maximum atomic E-state index is 13.1. The second-order valence-corrected chi connectivity index (χ2v) is 8.53. The van der Waals surface area contributed by atoms with Crippen LogP contribution in [0.5, 0.6) is 0 Å². The third kappa shape index (κ3) is 4.54. The number of hydrogen-bond donors (Lipinski definition) is 1. The molecule has 0 saturated carbocycles. The van der Waals surface area contributed by atoms with Gasteiger partial charge in [-0.2, -0.15) is 0 Å². The summed E-state index contributed by atoms with van der Waals surface area (Å²) >= 11 is 0. The highest BCUT2D eigenvalue weighted by Gasteiger charge is 2.44. The van der Waals surface area contributed by atoms with E-state index in [1.54, 1.807) is 12.1 Å². The lowest BCUT2D eigenvalue weighted by atomic mass is 9.73. The Bertz CT molecular complexity index is 916. The van der Waals surface area contributed by atoms with Crippen molar-refractivity contribution in [2.24, 2.45) is 10.6 Å². The van der Waals surface area contributed by atoms with E-state index in [1.807, 2.05) is 31.2 Å². The first-order chi connectivity index (χ1) is 14.4. The Hall–Kier alpha value is -2.73. The van der Waals surface area contributed by atoms with Crippen LogP contribution >= 0.6 is 0 Å². The zero-order valence-electron chi connectivity index (χ0n) is 17.2. The van der Waals surface area contributed by atoms with E-state index >= 15 is 0 Å². The number of carboxylic acid groups (broad SMARTS) is 1. The Balaban J connectivity index is 1.35. The minimum absolute atomic E-state index is 0.207. The molecule has 1 atom stereocenters. The molecule has 158 valence electrons. The lowest BCUT2D eigenvalue weighted by molar-refractivity contribution is -0.155. The van der Waals surface area contributed by atoms with Gasteiger partial charge in [-0.3, -0.25) is 9.69 Å². The number of likely N-dealkylation sites (tertiary alicyclic amines) is 1. The van der Waals surface area contributed by atoms with E-state index in [-0.39, 0.29) is 11.9 Å². The monoisotopic (exact) mass is 410 g/mol. The molecule has 4 rings (SSSR count). The van der Waals surface area contributed by atoms with Gasteiger partial charge in [0.25, 0.3) is 0 Å². The molecule has 5 nitrogen and oxygen atoms in total. The van der Waals surface area contributed by atoms with Crippen LogP contribution in [-0.4, -0.2) is 40.9 Å². The Morgan fingerprint density at radius 2 is 1.83 bits per heavy atom. The smallest absolute Gasteiger partial charge is 0.309 e. The summed E-state index contributed by atoms with van der Waals surface area (Å²) in [7, 11) is 0. The SMILES string of the molecule is Cc1ccc(C2=NO[C@H](CC3(C(=O)O)CCN(Cc4ccc(F)cc4)CC3)C2)cc1. The van der Waals surface area contributed by atoms with Gasteiger partial charge in [-0.1, -0.05) is 47.1 Å². The number of oxime groups is 1. The van der Waals surface area contributed by atoms with Gasteiger partial charge in [0, 0.05) is 19.4 Å². The number of carbonyl (C=O) groups is 1. The van der Waals surface area contributed by atoms with Gasteiger partial charge in [-0.05, 0) is 56.1 Å². The second-order valence-electron chi connectivity index (χ2n) is 8.53. The van der Waals surface area contributed by atoms with Crippen molar-refractivity contribution in [3.8, 4) is 0 Å². The van der Waals surface area contributed by atoms with E-state index in [0.717, 1.165) is 16.8 Å². The number of piperidine rings is 1. The molecule has 6 heteroatoms. The van der Waals surface area contributed by atoms with Crippen molar-refractivity contribution < 1.29 is 19.1 Å². The Morgan fingerprint density at radius 1 is 1.17 bits per heavy atom. The predicted molar refractivity (Wildman–Crippen MR) is 113 cm³/mol. The summed E-state index contributed by atoms with van der Waals surface area (Å²) < 4.78 is 13.1. The van der Waals surface area contributed by atoms with Crippen LogP contribution in [0, 0.1) is 18.2 Å². The number of aliphatic carboxylic acids is 1. The molecule has 2 aromatic carbocycles. The maximum Gasteiger partial charge on any atom is 0.309 e. The van der Waals surface area contributed by atoms with Crippen molar-refractivity contribution in [3.63, 3.8) is 0 Å². The van der Waals surface area contributed by atoms with Crippen molar-refractivity contribution in [1.29, 1.82) is 0 Å². The molecule has 2 aliphatic rings. The summed E-state index contributed by atoms with van der Waals surface area (Å²) in [6.07, 6.45) is 2.04. The van der Waals surface area contributed by atoms with Gasteiger partial charge in [0.1, 0.15) is 11.9 Å². The average molecular weight is 410 g/mol. The van der Waals surface area contributed by atoms with Gasteiger partial charge in [0.15, 0.2) is 0 Å². The van der Waals surface area contributed by atoms with Crippen LogP contribution in [0.2, 0.25) is 0 Å². The number of benzene rings is 2. The number of nitrogens with zero attached hydrogens (tertiary/aromatic N) is 2. The summed E-state index contributed by atoms with van der Waals surface area (Å²) in [6.45, 7) is 4.14. The molecular weight excluding hydrogens is 383 g/mol. The number of halogens is 1. The Kier molecular flexibility index (Phi) is 5.86. The third-order valence-electron chi connectivity index (χ3n) is 6.32. The fourth-order valence-corrected chi connectivity index (χ4v) is 4.38. The number of aryl methyl sites for hydroxylation is 1. The van der Waals surface area contributed by atoms with Crippen molar-refractivity contribution in [1.82, 2.24) is 4.90 Å². The molecule has 2 heterocycles. The van der Waals surface area contributed by atoms with E-state index in [2.05, 4.69) is 10.1 Å². The highest BCUT2D eigenvalue weighted by atomic mass is 19.1. The molecule has 0 radical (unpaired) electrons. The molecule has 0 amide bonds. The highest BCUT2D eigenvalue weighted by molar-refractivity contribution is 6.01. The number of carboxylic acids is 1. The molecular formula is C24H27FN2O3. The number of rotatable bonds is 6. The van der Waals surface area contributed by atoms with Crippen LogP contribution in [0.4, 0.5) is 4.39 Å². The van der Waals surface area contributed by atoms with Gasteiger partial charge in [0.2, 0.25) is 0 Å². The van der Waals surface area contributed by atoms with Crippen LogP contribution in [-0.2, 0) is 16.2 Å². The van der Waals surface area contributed by atoms with E-state index in [4.69, 9.17) is 4.84 Å². The van der Waals surface area contributed by atoms with E-state index in [1.165, 1.54) is 17.7 Å². The maximum absolute atomic E-state index is 13.1. The standard InChI is InChI=1S/C24H27FN2O3/c1-17-2-6-19(7-3-17)22-14-21(30-26-22)15-24(23(28)29)10-12-27(13-11-24)16-18-4-8-20(25)9-5-18/h2-9,21H,10-16H2,1H3,(H,28,29)/t21-/m0/s1. The van der Waals surface area contributed by atoms with Gasteiger partial charge >= 0.3 is 5.97 Å². The Morgan fingerprint density at radius 3 is 2.47 bits per heavy atom. The molecule has 0 aromatic heterocycles. The minimum atomic E-state index is -0.789. The quantitative estimate of drug-likeness (QED) is 0.768. The molecule has 2 aromatic rings. The lowest BCUT2D eigenvalue weighted by Crippen LogP contribution is -2.45. The summed E-state index contributed by atoms with van der Waals surface area (Å²) in [5.74, 6) is -0.998. The molecule has 0 spiro atoms. The van der Waals surface area contributed by atoms with Crippen LogP contribution in [0.15, 0.2) is 53.7 Å². The van der Waals surface area contributed by atoms with Gasteiger partial charge in [-0.15, -0.1) is 0 Å². The van der Waals surface area contributed by atoms with E-state index in [0.29, 0.717) is 45.3 Å². The summed E-state index contributed by atoms with van der Waals surface area (Å²) in [4.78, 5) is 20.1. The molecule has 0 aliphatic carbocycles. The first kappa shape index (κ1) is 20.5. The van der Waals surface area contributed by atoms with Crippen molar-refractivity contribution in [3.05, 3.63) is 71.0 Å². The first-order valence-electron chi connectivity index (χ1n) is 10.4. The fourth-order valence-electron chi connectivity index (χ4n) is 4.38. The molecule has 1 fully saturated rings. The summed E-state index contributed by atoms with van der Waals surface area (Å²) in [5.41, 5.74) is 3.35. The lowest BCUT2D eigenvalue weighted by Gasteiger charge is -2.39. The fraction of sp³-hybridized carbons (Fsp3) is 0.417. The van der Waals surface area contributed by atoms with Crippen molar-refractivity contribution >= 4 is 11.7 Å². The van der Waals surface area contributed by atoms with Crippen molar-refractivity contribution in [2.45, 2.75) is 45.3 Å².